The maximum atomic E-state index is 13.0. The van der Waals surface area contributed by atoms with Gasteiger partial charge in [0.2, 0.25) is 11.8 Å². The van der Waals surface area contributed by atoms with Crippen LogP contribution in [-0.2, 0) is 4.79 Å². The summed E-state index contributed by atoms with van der Waals surface area (Å²) in [6.45, 7) is 4.40. The molecule has 1 atom stereocenters. The number of amides is 1. The number of aldehydes is 1. The second-order valence-electron chi connectivity index (χ2n) is 8.77. The van der Waals surface area contributed by atoms with Crippen LogP contribution in [0.1, 0.15) is 101 Å². The van der Waals surface area contributed by atoms with Crippen molar-refractivity contribution in [3.05, 3.63) is 40.2 Å². The molecule has 0 saturated heterocycles. The highest BCUT2D eigenvalue weighted by Gasteiger charge is 2.18. The van der Waals surface area contributed by atoms with Crippen molar-refractivity contribution in [3.63, 3.8) is 0 Å². The number of hydrogen-bond acceptors (Lipinski definition) is 4. The maximum absolute atomic E-state index is 13.0. The van der Waals surface area contributed by atoms with E-state index < -0.39 is 11.4 Å². The molecule has 1 amide bonds. The third kappa shape index (κ3) is 8.22. The van der Waals surface area contributed by atoms with E-state index in [1.54, 1.807) is 24.3 Å². The molecule has 1 aromatic carbocycles. The summed E-state index contributed by atoms with van der Waals surface area (Å²) >= 11 is 0. The van der Waals surface area contributed by atoms with Crippen molar-refractivity contribution in [2.24, 2.45) is 5.92 Å². The van der Waals surface area contributed by atoms with Crippen LogP contribution in [0.2, 0.25) is 0 Å². The molecule has 1 heterocycles. The van der Waals surface area contributed by atoms with E-state index in [4.69, 9.17) is 0 Å². The van der Waals surface area contributed by atoms with E-state index >= 15 is 0 Å². The first-order chi connectivity index (χ1) is 16.0. The number of benzene rings is 1. The first-order valence-corrected chi connectivity index (χ1v) is 12.4. The first-order valence-electron chi connectivity index (χ1n) is 12.4. The quantitative estimate of drug-likeness (QED) is 0.214. The maximum Gasteiger partial charge on any atom is 0.279 e. The summed E-state index contributed by atoms with van der Waals surface area (Å²) < 4.78 is 1.15. The van der Waals surface area contributed by atoms with Crippen LogP contribution in [0, 0.1) is 5.92 Å². The average molecular weight is 458 g/mol. The summed E-state index contributed by atoms with van der Waals surface area (Å²) in [5.74, 6) is -0.376. The summed E-state index contributed by atoms with van der Waals surface area (Å²) in [7, 11) is 0. The number of aromatic hydroxyl groups is 1. The van der Waals surface area contributed by atoms with Crippen LogP contribution in [0.5, 0.6) is 5.88 Å². The predicted molar refractivity (Wildman–Crippen MR) is 132 cm³/mol. The molecule has 7 heteroatoms. The largest absolute Gasteiger partial charge is 0.493 e. The monoisotopic (exact) mass is 457 g/mol. The molecule has 2 aromatic rings. The molecule has 0 aliphatic carbocycles. The number of nitrogens with one attached hydrogen (secondary N) is 2. The second-order valence-corrected chi connectivity index (χ2v) is 8.77. The standard InChI is InChI=1S/C26H39N3O4/c1-3-5-7-9-10-12-14-20(13-11-8-6-4-2)24(31)27-21-15-17-22(18-16-21)29-26(33)23(19-30)25(32)28-29/h15-20,33H,3-14H2,1-2H3,(H,27,31)(H,28,32). The summed E-state index contributed by atoms with van der Waals surface area (Å²) in [6.07, 6.45) is 14.0. The lowest BCUT2D eigenvalue weighted by molar-refractivity contribution is -0.120. The fraction of sp³-hybridized carbons (Fsp3) is 0.577. The lowest BCUT2D eigenvalue weighted by atomic mass is 9.93. The molecule has 1 unspecified atom stereocenters. The Labute approximate surface area is 196 Å². The predicted octanol–water partition coefficient (Wildman–Crippen LogP) is 5.96. The first kappa shape index (κ1) is 26.4. The van der Waals surface area contributed by atoms with Gasteiger partial charge in [0.05, 0.1) is 5.69 Å². The van der Waals surface area contributed by atoms with Gasteiger partial charge in [-0.15, -0.1) is 0 Å². The van der Waals surface area contributed by atoms with Gasteiger partial charge in [0.25, 0.3) is 5.56 Å². The van der Waals surface area contributed by atoms with Crippen LogP contribution < -0.4 is 10.9 Å². The minimum atomic E-state index is -0.652. The van der Waals surface area contributed by atoms with E-state index in [1.807, 2.05) is 0 Å². The summed E-state index contributed by atoms with van der Waals surface area (Å²) in [5.41, 5.74) is 0.183. The summed E-state index contributed by atoms with van der Waals surface area (Å²) in [5, 5.41) is 15.5. The second kappa shape index (κ2) is 14.3. The Balaban J connectivity index is 1.98. The van der Waals surface area contributed by atoms with Crippen molar-refractivity contribution in [2.75, 3.05) is 5.32 Å². The SMILES string of the molecule is CCCCCCCCC(CCCCCC)C(=O)Nc1ccc(-n2[nH]c(=O)c(C=O)c2O)cc1. The van der Waals surface area contributed by atoms with Gasteiger partial charge in [0.1, 0.15) is 5.56 Å². The molecule has 0 bridgehead atoms. The Morgan fingerprint density at radius 2 is 1.52 bits per heavy atom. The number of aromatic amines is 1. The highest BCUT2D eigenvalue weighted by Crippen LogP contribution is 2.23. The van der Waals surface area contributed by atoms with Gasteiger partial charge in [-0.3, -0.25) is 19.5 Å². The smallest absolute Gasteiger partial charge is 0.279 e. The third-order valence-corrected chi connectivity index (χ3v) is 6.10. The number of H-pyrrole nitrogens is 1. The summed E-state index contributed by atoms with van der Waals surface area (Å²) in [4.78, 5) is 35.7. The molecule has 0 aliphatic heterocycles. The van der Waals surface area contributed by atoms with Crippen LogP contribution in [0.15, 0.2) is 29.1 Å². The van der Waals surface area contributed by atoms with Crippen molar-refractivity contribution >= 4 is 17.9 Å². The molecular formula is C26H39N3O4. The van der Waals surface area contributed by atoms with Crippen molar-refractivity contribution in [3.8, 4) is 11.6 Å². The Kier molecular flexibility index (Phi) is 11.5. The number of carbonyl (C=O) groups is 2. The van der Waals surface area contributed by atoms with Crippen LogP contribution in [-0.4, -0.2) is 27.1 Å². The topological polar surface area (TPSA) is 104 Å². The molecule has 7 nitrogen and oxygen atoms in total. The molecule has 0 saturated carbocycles. The van der Waals surface area contributed by atoms with Crippen LogP contribution in [0.3, 0.4) is 0 Å². The molecule has 0 fully saturated rings. The zero-order valence-corrected chi connectivity index (χ0v) is 20.1. The van der Waals surface area contributed by atoms with E-state index in [0.29, 0.717) is 17.7 Å². The van der Waals surface area contributed by atoms with Gasteiger partial charge < -0.3 is 10.4 Å². The minimum Gasteiger partial charge on any atom is -0.493 e. The van der Waals surface area contributed by atoms with E-state index in [-0.39, 0.29) is 17.4 Å². The Hall–Kier alpha value is -2.83. The number of unbranched alkanes of at least 4 members (excludes halogenated alkanes) is 8. The van der Waals surface area contributed by atoms with Crippen molar-refractivity contribution < 1.29 is 14.7 Å². The van der Waals surface area contributed by atoms with Gasteiger partial charge in [-0.25, -0.2) is 4.68 Å². The van der Waals surface area contributed by atoms with Gasteiger partial charge in [-0.1, -0.05) is 78.1 Å². The van der Waals surface area contributed by atoms with E-state index in [2.05, 4.69) is 24.3 Å². The Morgan fingerprint density at radius 1 is 0.970 bits per heavy atom. The highest BCUT2D eigenvalue weighted by molar-refractivity contribution is 5.92. The molecule has 0 aliphatic rings. The van der Waals surface area contributed by atoms with Crippen LogP contribution in [0.4, 0.5) is 5.69 Å². The van der Waals surface area contributed by atoms with E-state index in [1.165, 1.54) is 44.9 Å². The molecule has 3 N–H and O–H groups in total. The fourth-order valence-corrected chi connectivity index (χ4v) is 4.06. The Bertz CT molecular complexity index is 915. The molecule has 182 valence electrons. The van der Waals surface area contributed by atoms with Gasteiger partial charge >= 0.3 is 0 Å². The van der Waals surface area contributed by atoms with Gasteiger partial charge in [-0.05, 0) is 37.1 Å². The van der Waals surface area contributed by atoms with Gasteiger partial charge in [0, 0.05) is 11.6 Å². The van der Waals surface area contributed by atoms with Crippen molar-refractivity contribution in [1.82, 2.24) is 9.78 Å². The fourth-order valence-electron chi connectivity index (χ4n) is 4.06. The number of rotatable bonds is 16. The highest BCUT2D eigenvalue weighted by atomic mass is 16.3. The molecule has 2 rings (SSSR count). The van der Waals surface area contributed by atoms with Crippen molar-refractivity contribution in [1.29, 1.82) is 0 Å². The average Bonchev–Trinajstić information content (AvgIpc) is 3.10. The number of aromatic nitrogens is 2. The number of hydrogen-bond donors (Lipinski definition) is 3. The number of anilines is 1. The zero-order chi connectivity index (χ0) is 24.1. The molecule has 1 aromatic heterocycles. The van der Waals surface area contributed by atoms with Gasteiger partial charge in [0.15, 0.2) is 6.29 Å². The van der Waals surface area contributed by atoms with E-state index in [0.717, 1.165) is 36.8 Å². The molecule has 0 spiro atoms. The lowest BCUT2D eigenvalue weighted by Crippen LogP contribution is -2.23. The Morgan fingerprint density at radius 3 is 2.06 bits per heavy atom. The van der Waals surface area contributed by atoms with Crippen LogP contribution in [0.25, 0.3) is 5.69 Å². The minimum absolute atomic E-state index is 0.00713. The van der Waals surface area contributed by atoms with E-state index in [9.17, 15) is 19.5 Å². The van der Waals surface area contributed by atoms with Crippen LogP contribution >= 0.6 is 0 Å². The number of nitrogens with zero attached hydrogens (tertiary/aromatic N) is 1. The summed E-state index contributed by atoms with van der Waals surface area (Å²) in [6, 6.07) is 6.79. The number of carbonyl (C=O) groups excluding carboxylic acids is 2. The van der Waals surface area contributed by atoms with Gasteiger partial charge in [-0.2, -0.15) is 0 Å². The zero-order valence-electron chi connectivity index (χ0n) is 20.1. The molecular weight excluding hydrogens is 418 g/mol. The third-order valence-electron chi connectivity index (χ3n) is 6.10. The lowest BCUT2D eigenvalue weighted by Gasteiger charge is -2.17. The molecule has 33 heavy (non-hydrogen) atoms. The normalized spacial score (nSPS) is 11.9. The van der Waals surface area contributed by atoms with Crippen molar-refractivity contribution in [2.45, 2.75) is 90.9 Å². The molecule has 0 radical (unpaired) electrons.